The van der Waals surface area contributed by atoms with Crippen molar-refractivity contribution in [2.24, 2.45) is 0 Å². The predicted molar refractivity (Wildman–Crippen MR) is 106 cm³/mol. The molecule has 5 rings (SSSR count). The van der Waals surface area contributed by atoms with E-state index in [0.29, 0.717) is 22.4 Å². The van der Waals surface area contributed by atoms with Crippen molar-refractivity contribution in [3.8, 4) is 5.69 Å². The first-order valence-electron chi connectivity index (χ1n) is 8.85. The molecule has 0 unspecified atom stereocenters. The zero-order valence-electron chi connectivity index (χ0n) is 15.4. The second-order valence-electron chi connectivity index (χ2n) is 6.77. The first kappa shape index (κ1) is 18.4. The van der Waals surface area contributed by atoms with Gasteiger partial charge in [0.25, 0.3) is 11.8 Å². The maximum atomic E-state index is 13.7. The Morgan fingerprint density at radius 1 is 1.00 bits per heavy atom. The molecule has 0 bridgehead atoms. The molecule has 148 valence electrons. The monoisotopic (exact) mass is 424 g/mol. The fraction of sp³-hybridized carbons (Fsp3) is 0.0476. The SMILES string of the molecule is Cc1nn(-c2cccc(F)c2)c2ncc3c(c12)C(=O)N(c1ccc(F)c(Cl)c1)C3=O. The summed E-state index contributed by atoms with van der Waals surface area (Å²) >= 11 is 5.82. The van der Waals surface area contributed by atoms with Gasteiger partial charge in [0.1, 0.15) is 11.6 Å². The van der Waals surface area contributed by atoms with E-state index in [1.54, 1.807) is 13.0 Å². The summed E-state index contributed by atoms with van der Waals surface area (Å²) in [7, 11) is 0. The van der Waals surface area contributed by atoms with Crippen molar-refractivity contribution in [3.05, 3.63) is 82.1 Å². The summed E-state index contributed by atoms with van der Waals surface area (Å²) in [4.78, 5) is 31.4. The van der Waals surface area contributed by atoms with Gasteiger partial charge in [0.05, 0.1) is 38.6 Å². The zero-order valence-corrected chi connectivity index (χ0v) is 16.1. The van der Waals surface area contributed by atoms with Crippen molar-refractivity contribution in [2.45, 2.75) is 6.92 Å². The summed E-state index contributed by atoms with van der Waals surface area (Å²) in [5, 5.41) is 4.58. The molecule has 0 atom stereocenters. The van der Waals surface area contributed by atoms with Crippen LogP contribution in [0.25, 0.3) is 16.7 Å². The third kappa shape index (κ3) is 2.54. The highest BCUT2D eigenvalue weighted by atomic mass is 35.5. The highest BCUT2D eigenvalue weighted by molar-refractivity contribution is 6.38. The summed E-state index contributed by atoms with van der Waals surface area (Å²) in [5.41, 5.74) is 1.60. The van der Waals surface area contributed by atoms with Crippen LogP contribution < -0.4 is 4.90 Å². The Bertz CT molecular complexity index is 1400. The molecule has 4 aromatic rings. The van der Waals surface area contributed by atoms with Crippen molar-refractivity contribution in [2.75, 3.05) is 4.90 Å². The van der Waals surface area contributed by atoms with Gasteiger partial charge >= 0.3 is 0 Å². The standard InChI is InChI=1S/C21H11ClF2N4O2/c1-10-17-18-14(9-25-19(17)28(26-10)13-4-2-3-11(23)7-13)20(29)27(21(18)30)12-5-6-16(24)15(22)8-12/h2-9H,1H3. The molecule has 6 nitrogen and oxygen atoms in total. The van der Waals surface area contributed by atoms with Gasteiger partial charge in [-0.25, -0.2) is 23.3 Å². The number of imide groups is 1. The molecule has 30 heavy (non-hydrogen) atoms. The van der Waals surface area contributed by atoms with Crippen LogP contribution in [0.1, 0.15) is 26.4 Å². The summed E-state index contributed by atoms with van der Waals surface area (Å²) in [6.45, 7) is 1.68. The van der Waals surface area contributed by atoms with Gasteiger partial charge in [0, 0.05) is 6.20 Å². The number of rotatable bonds is 2. The number of carbonyl (C=O) groups excluding carboxylic acids is 2. The molecule has 0 radical (unpaired) electrons. The fourth-order valence-electron chi connectivity index (χ4n) is 3.61. The lowest BCUT2D eigenvalue weighted by atomic mass is 10.1. The van der Waals surface area contributed by atoms with Gasteiger partial charge in [-0.1, -0.05) is 17.7 Å². The van der Waals surface area contributed by atoms with E-state index >= 15 is 0 Å². The molecule has 2 aromatic heterocycles. The Balaban J connectivity index is 1.71. The van der Waals surface area contributed by atoms with E-state index in [9.17, 15) is 18.4 Å². The first-order valence-corrected chi connectivity index (χ1v) is 9.22. The molecule has 0 spiro atoms. The Labute approximate surface area is 173 Å². The number of aromatic nitrogens is 3. The number of aryl methyl sites for hydroxylation is 1. The van der Waals surface area contributed by atoms with Crippen LogP contribution in [-0.2, 0) is 0 Å². The van der Waals surface area contributed by atoms with Gasteiger partial charge in [-0.3, -0.25) is 9.59 Å². The number of halogens is 3. The van der Waals surface area contributed by atoms with Crippen molar-refractivity contribution < 1.29 is 18.4 Å². The predicted octanol–water partition coefficient (Wildman–Crippen LogP) is 4.46. The van der Waals surface area contributed by atoms with Crippen molar-refractivity contribution in [1.29, 1.82) is 0 Å². The number of carbonyl (C=O) groups is 2. The molecule has 3 heterocycles. The van der Waals surface area contributed by atoms with Gasteiger partial charge in [-0.15, -0.1) is 0 Å². The van der Waals surface area contributed by atoms with Crippen LogP contribution in [0.5, 0.6) is 0 Å². The molecule has 0 saturated carbocycles. The van der Waals surface area contributed by atoms with Gasteiger partial charge in [0.15, 0.2) is 5.65 Å². The second kappa shape index (κ2) is 6.43. The van der Waals surface area contributed by atoms with Crippen LogP contribution >= 0.6 is 11.6 Å². The van der Waals surface area contributed by atoms with Gasteiger partial charge in [-0.05, 0) is 43.3 Å². The Hall–Kier alpha value is -3.65. The fourth-order valence-corrected chi connectivity index (χ4v) is 3.78. The number of benzene rings is 2. The van der Waals surface area contributed by atoms with Crippen LogP contribution in [-0.4, -0.2) is 26.6 Å². The maximum absolute atomic E-state index is 13.7. The minimum Gasteiger partial charge on any atom is -0.268 e. The molecule has 2 aromatic carbocycles. The summed E-state index contributed by atoms with van der Waals surface area (Å²) in [5.74, 6) is -2.29. The van der Waals surface area contributed by atoms with E-state index in [2.05, 4.69) is 10.1 Å². The minimum atomic E-state index is -0.659. The zero-order chi connectivity index (χ0) is 21.2. The molecule has 2 amide bonds. The van der Waals surface area contributed by atoms with E-state index in [0.717, 1.165) is 11.0 Å². The Morgan fingerprint density at radius 3 is 2.53 bits per heavy atom. The van der Waals surface area contributed by atoms with E-state index in [4.69, 9.17) is 11.6 Å². The van der Waals surface area contributed by atoms with E-state index < -0.39 is 23.4 Å². The lowest BCUT2D eigenvalue weighted by molar-refractivity contribution is 0.0926. The van der Waals surface area contributed by atoms with Gasteiger partial charge < -0.3 is 0 Å². The maximum Gasteiger partial charge on any atom is 0.267 e. The third-order valence-corrected chi connectivity index (χ3v) is 5.23. The average Bonchev–Trinajstić information content (AvgIpc) is 3.18. The topological polar surface area (TPSA) is 68.1 Å². The van der Waals surface area contributed by atoms with Crippen molar-refractivity contribution >= 4 is 40.1 Å². The summed E-state index contributed by atoms with van der Waals surface area (Å²) in [6, 6.07) is 9.39. The quantitative estimate of drug-likeness (QED) is 0.445. The van der Waals surface area contributed by atoms with E-state index in [1.807, 2.05) is 0 Å². The highest BCUT2D eigenvalue weighted by Gasteiger charge is 2.40. The molecular weight excluding hydrogens is 414 g/mol. The molecule has 1 aliphatic rings. The number of pyridine rings is 1. The number of amides is 2. The lowest BCUT2D eigenvalue weighted by Gasteiger charge is -2.14. The summed E-state index contributed by atoms with van der Waals surface area (Å²) < 4.78 is 28.6. The number of anilines is 1. The van der Waals surface area contributed by atoms with Crippen LogP contribution in [0.2, 0.25) is 5.02 Å². The molecular formula is C21H11ClF2N4O2. The smallest absolute Gasteiger partial charge is 0.267 e. The summed E-state index contributed by atoms with van der Waals surface area (Å²) in [6.07, 6.45) is 1.29. The minimum absolute atomic E-state index is 0.106. The third-order valence-electron chi connectivity index (χ3n) is 4.94. The normalized spacial score (nSPS) is 13.4. The Morgan fingerprint density at radius 2 is 1.80 bits per heavy atom. The largest absolute Gasteiger partial charge is 0.268 e. The number of fused-ring (bicyclic) bond motifs is 3. The first-order chi connectivity index (χ1) is 14.4. The van der Waals surface area contributed by atoms with Crippen molar-refractivity contribution in [3.63, 3.8) is 0 Å². The van der Waals surface area contributed by atoms with Crippen LogP contribution in [0.15, 0.2) is 48.7 Å². The number of hydrogen-bond acceptors (Lipinski definition) is 4. The molecule has 1 aliphatic heterocycles. The Kier molecular flexibility index (Phi) is 3.94. The molecule has 9 heteroatoms. The number of hydrogen-bond donors (Lipinski definition) is 0. The molecule has 0 aliphatic carbocycles. The van der Waals surface area contributed by atoms with E-state index in [-0.39, 0.29) is 21.8 Å². The van der Waals surface area contributed by atoms with Crippen LogP contribution in [0, 0.1) is 18.6 Å². The molecule has 0 fully saturated rings. The molecule has 0 N–H and O–H groups in total. The molecule has 0 saturated heterocycles. The van der Waals surface area contributed by atoms with Gasteiger partial charge in [0.2, 0.25) is 0 Å². The average molecular weight is 425 g/mol. The van der Waals surface area contributed by atoms with Crippen LogP contribution in [0.3, 0.4) is 0 Å². The highest BCUT2D eigenvalue weighted by Crippen LogP contribution is 2.35. The lowest BCUT2D eigenvalue weighted by Crippen LogP contribution is -2.29. The van der Waals surface area contributed by atoms with E-state index in [1.165, 1.54) is 41.2 Å². The van der Waals surface area contributed by atoms with Crippen LogP contribution in [0.4, 0.5) is 14.5 Å². The van der Waals surface area contributed by atoms with Gasteiger partial charge in [-0.2, -0.15) is 5.10 Å². The number of nitrogens with zero attached hydrogens (tertiary/aromatic N) is 4. The second-order valence-corrected chi connectivity index (χ2v) is 7.17. The van der Waals surface area contributed by atoms with Crippen molar-refractivity contribution in [1.82, 2.24) is 14.8 Å².